The molecule has 0 saturated carbocycles. The van der Waals surface area contributed by atoms with Crippen LogP contribution in [0, 0.1) is 0 Å². The van der Waals surface area contributed by atoms with Gasteiger partial charge in [-0.3, -0.25) is 4.79 Å². The number of rotatable bonds is 8. The average molecular weight is 369 g/mol. The number of methoxy groups -OCH3 is 1. The van der Waals surface area contributed by atoms with E-state index < -0.39 is 0 Å². The predicted molar refractivity (Wildman–Crippen MR) is 104 cm³/mol. The van der Waals surface area contributed by atoms with Crippen LogP contribution in [-0.2, 0) is 11.3 Å². The van der Waals surface area contributed by atoms with Gasteiger partial charge < -0.3 is 23.9 Å². The number of amides is 1. The van der Waals surface area contributed by atoms with Crippen LogP contribution < -0.4 is 14.8 Å². The van der Waals surface area contributed by atoms with Crippen LogP contribution in [0.15, 0.2) is 46.9 Å². The summed E-state index contributed by atoms with van der Waals surface area (Å²) in [7, 11) is 1.56. The van der Waals surface area contributed by atoms with Crippen molar-refractivity contribution in [2.75, 3.05) is 25.6 Å². The van der Waals surface area contributed by atoms with Crippen LogP contribution >= 0.6 is 0 Å². The Morgan fingerprint density at radius 1 is 1.07 bits per heavy atom. The largest absolute Gasteiger partial charge is 0.493 e. The van der Waals surface area contributed by atoms with Crippen molar-refractivity contribution in [1.82, 2.24) is 0 Å². The van der Waals surface area contributed by atoms with Gasteiger partial charge in [0.15, 0.2) is 17.3 Å². The van der Waals surface area contributed by atoms with Gasteiger partial charge in [0.25, 0.3) is 5.91 Å². The molecule has 27 heavy (non-hydrogen) atoms. The maximum atomic E-state index is 12.8. The van der Waals surface area contributed by atoms with E-state index in [-0.39, 0.29) is 11.7 Å². The second kappa shape index (κ2) is 8.60. The van der Waals surface area contributed by atoms with Crippen LogP contribution in [-0.4, -0.2) is 26.2 Å². The Hall–Kier alpha value is -2.99. The molecule has 1 amide bonds. The summed E-state index contributed by atoms with van der Waals surface area (Å²) in [6.45, 7) is 5.20. The fraction of sp³-hybridized carbons (Fsp3) is 0.286. The lowest BCUT2D eigenvalue weighted by atomic mass is 10.1. The normalized spacial score (nSPS) is 10.8. The molecule has 0 unspecified atom stereocenters. The molecule has 0 fully saturated rings. The molecular weight excluding hydrogens is 346 g/mol. The molecule has 2 aromatic carbocycles. The number of anilines is 1. The fourth-order valence-corrected chi connectivity index (χ4v) is 2.84. The van der Waals surface area contributed by atoms with E-state index >= 15 is 0 Å². The molecule has 6 heteroatoms. The summed E-state index contributed by atoms with van der Waals surface area (Å²) >= 11 is 0. The quantitative estimate of drug-likeness (QED) is 0.627. The zero-order valence-electron chi connectivity index (χ0n) is 15.7. The summed E-state index contributed by atoms with van der Waals surface area (Å²) in [5, 5.41) is 3.73. The van der Waals surface area contributed by atoms with Gasteiger partial charge in [0.1, 0.15) is 5.58 Å². The van der Waals surface area contributed by atoms with Gasteiger partial charge in [0.2, 0.25) is 0 Å². The number of para-hydroxylation sites is 1. The highest BCUT2D eigenvalue weighted by Gasteiger charge is 2.21. The topological polar surface area (TPSA) is 69.9 Å². The lowest BCUT2D eigenvalue weighted by Gasteiger charge is -2.11. The summed E-state index contributed by atoms with van der Waals surface area (Å²) < 4.78 is 22.2. The van der Waals surface area contributed by atoms with Crippen molar-refractivity contribution >= 4 is 22.6 Å². The maximum Gasteiger partial charge on any atom is 0.291 e. The average Bonchev–Trinajstić information content (AvgIpc) is 3.06. The Balaban J connectivity index is 1.90. The van der Waals surface area contributed by atoms with Crippen molar-refractivity contribution in [3.63, 3.8) is 0 Å². The van der Waals surface area contributed by atoms with E-state index in [1.54, 1.807) is 25.3 Å². The molecule has 0 radical (unpaired) electrons. The van der Waals surface area contributed by atoms with Crippen molar-refractivity contribution in [3.05, 3.63) is 53.8 Å². The summed E-state index contributed by atoms with van der Waals surface area (Å²) in [5.74, 6) is 1.08. The van der Waals surface area contributed by atoms with Gasteiger partial charge in [-0.05, 0) is 32.0 Å². The molecule has 0 aliphatic heterocycles. The molecule has 3 aromatic rings. The van der Waals surface area contributed by atoms with Gasteiger partial charge in [0, 0.05) is 29.3 Å². The van der Waals surface area contributed by atoms with E-state index in [1.165, 1.54) is 0 Å². The molecule has 0 atom stereocenters. The first kappa shape index (κ1) is 18.8. The number of nitrogens with one attached hydrogen (secondary N) is 1. The van der Waals surface area contributed by atoms with Crippen LogP contribution in [0.2, 0.25) is 0 Å². The molecule has 0 aliphatic carbocycles. The standard InChI is InChI=1S/C21H23NO5/c1-4-25-13-16-15-8-6-7-9-17(15)27-20(16)21(23)22-14-10-11-18(26-5-2)19(12-14)24-3/h6-12H,4-5,13H2,1-3H3,(H,22,23). The first-order chi connectivity index (χ1) is 13.2. The van der Waals surface area contributed by atoms with Crippen LogP contribution in [0.4, 0.5) is 5.69 Å². The van der Waals surface area contributed by atoms with Crippen molar-refractivity contribution in [2.45, 2.75) is 20.5 Å². The number of hydrogen-bond donors (Lipinski definition) is 1. The van der Waals surface area contributed by atoms with Crippen molar-refractivity contribution < 1.29 is 23.4 Å². The van der Waals surface area contributed by atoms with Crippen LogP contribution in [0.1, 0.15) is 30.0 Å². The molecular formula is C21H23NO5. The summed E-state index contributed by atoms with van der Waals surface area (Å²) in [6.07, 6.45) is 0. The molecule has 3 rings (SSSR count). The molecule has 1 N–H and O–H groups in total. The van der Waals surface area contributed by atoms with Crippen LogP contribution in [0.25, 0.3) is 11.0 Å². The Labute approximate surface area is 158 Å². The van der Waals surface area contributed by atoms with Gasteiger partial charge in [-0.15, -0.1) is 0 Å². The first-order valence-electron chi connectivity index (χ1n) is 8.88. The van der Waals surface area contributed by atoms with Crippen LogP contribution in [0.3, 0.4) is 0 Å². The predicted octanol–water partition coefficient (Wildman–Crippen LogP) is 4.63. The minimum atomic E-state index is -0.341. The van der Waals surface area contributed by atoms with Crippen molar-refractivity contribution in [2.24, 2.45) is 0 Å². The summed E-state index contributed by atoms with van der Waals surface area (Å²) in [6, 6.07) is 12.8. The highest BCUT2D eigenvalue weighted by atomic mass is 16.5. The van der Waals surface area contributed by atoms with E-state index in [2.05, 4.69) is 5.32 Å². The van der Waals surface area contributed by atoms with Gasteiger partial charge in [0.05, 0.1) is 20.3 Å². The Morgan fingerprint density at radius 2 is 1.89 bits per heavy atom. The third kappa shape index (κ3) is 4.06. The molecule has 1 heterocycles. The van der Waals surface area contributed by atoms with E-state index in [0.717, 1.165) is 10.9 Å². The van der Waals surface area contributed by atoms with Gasteiger partial charge in [-0.2, -0.15) is 0 Å². The third-order valence-corrected chi connectivity index (χ3v) is 4.08. The van der Waals surface area contributed by atoms with Gasteiger partial charge in [-0.25, -0.2) is 0 Å². The second-order valence-corrected chi connectivity index (χ2v) is 5.80. The smallest absolute Gasteiger partial charge is 0.291 e. The molecule has 0 aliphatic rings. The maximum absolute atomic E-state index is 12.8. The van der Waals surface area contributed by atoms with E-state index in [4.69, 9.17) is 18.6 Å². The molecule has 0 bridgehead atoms. The number of benzene rings is 2. The minimum Gasteiger partial charge on any atom is -0.493 e. The van der Waals surface area contributed by atoms with Crippen molar-refractivity contribution in [1.29, 1.82) is 0 Å². The molecule has 142 valence electrons. The minimum absolute atomic E-state index is 0.248. The summed E-state index contributed by atoms with van der Waals surface area (Å²) in [5.41, 5.74) is 1.98. The highest BCUT2D eigenvalue weighted by Crippen LogP contribution is 2.31. The lowest BCUT2D eigenvalue weighted by Crippen LogP contribution is -2.13. The van der Waals surface area contributed by atoms with E-state index in [9.17, 15) is 4.79 Å². The Kier molecular flexibility index (Phi) is 5.98. The number of carbonyl (C=O) groups excluding carboxylic acids is 1. The number of fused-ring (bicyclic) bond motifs is 1. The SMILES string of the molecule is CCOCc1c(C(=O)Nc2ccc(OCC)c(OC)c2)oc2ccccc12. The van der Waals surface area contributed by atoms with Crippen LogP contribution in [0.5, 0.6) is 11.5 Å². The first-order valence-corrected chi connectivity index (χ1v) is 8.88. The fourth-order valence-electron chi connectivity index (χ4n) is 2.84. The van der Waals surface area contributed by atoms with E-state index in [1.807, 2.05) is 38.1 Å². The van der Waals surface area contributed by atoms with Gasteiger partial charge >= 0.3 is 0 Å². The molecule has 0 spiro atoms. The zero-order valence-corrected chi connectivity index (χ0v) is 15.7. The Morgan fingerprint density at radius 3 is 2.63 bits per heavy atom. The summed E-state index contributed by atoms with van der Waals surface area (Å²) in [4.78, 5) is 12.8. The monoisotopic (exact) mass is 369 g/mol. The van der Waals surface area contributed by atoms with Gasteiger partial charge in [-0.1, -0.05) is 18.2 Å². The number of furan rings is 1. The van der Waals surface area contributed by atoms with E-state index in [0.29, 0.717) is 42.6 Å². The van der Waals surface area contributed by atoms with Crippen molar-refractivity contribution in [3.8, 4) is 11.5 Å². The molecule has 1 aromatic heterocycles. The highest BCUT2D eigenvalue weighted by molar-refractivity contribution is 6.06. The number of hydrogen-bond acceptors (Lipinski definition) is 5. The number of ether oxygens (including phenoxy) is 3. The number of carbonyl (C=O) groups is 1. The zero-order chi connectivity index (χ0) is 19.2. The Bertz CT molecular complexity index is 931. The third-order valence-electron chi connectivity index (χ3n) is 4.08. The second-order valence-electron chi connectivity index (χ2n) is 5.80. The molecule has 0 saturated heterocycles. The lowest BCUT2D eigenvalue weighted by molar-refractivity contribution is 0.0984. The molecule has 6 nitrogen and oxygen atoms in total.